The fourth-order valence-electron chi connectivity index (χ4n) is 5.41. The first kappa shape index (κ1) is 23.6. The quantitative estimate of drug-likeness (QED) is 0.341. The number of fused-ring (bicyclic) bond motifs is 3. The molecule has 0 radical (unpaired) electrons. The topological polar surface area (TPSA) is 60.2 Å². The summed E-state index contributed by atoms with van der Waals surface area (Å²) in [6.45, 7) is -1.26. The van der Waals surface area contributed by atoms with Gasteiger partial charge in [-0.1, -0.05) is 29.4 Å². The van der Waals surface area contributed by atoms with E-state index in [1.165, 1.54) is 12.1 Å². The molecule has 35 heavy (non-hydrogen) atoms. The Labute approximate surface area is 200 Å². The Balaban J connectivity index is 1.22. The summed E-state index contributed by atoms with van der Waals surface area (Å²) in [4.78, 5) is 4.06. The van der Waals surface area contributed by atoms with E-state index in [2.05, 4.69) is 20.2 Å². The van der Waals surface area contributed by atoms with Crippen LogP contribution in [0.2, 0.25) is 0 Å². The lowest BCUT2D eigenvalue weighted by molar-refractivity contribution is -0.0498. The summed E-state index contributed by atoms with van der Waals surface area (Å²) < 4.78 is 61.2. The Kier molecular flexibility index (Phi) is 5.97. The van der Waals surface area contributed by atoms with Crippen molar-refractivity contribution in [3.63, 3.8) is 0 Å². The average Bonchev–Trinajstić information content (AvgIpc) is 3.37. The van der Waals surface area contributed by atoms with Crippen molar-refractivity contribution in [2.45, 2.75) is 63.4 Å². The molecule has 0 saturated heterocycles. The van der Waals surface area contributed by atoms with Crippen LogP contribution in [0, 0.1) is 5.41 Å². The second-order valence-corrected chi connectivity index (χ2v) is 9.93. The van der Waals surface area contributed by atoms with Gasteiger partial charge in [-0.2, -0.15) is 22.5 Å². The van der Waals surface area contributed by atoms with Crippen molar-refractivity contribution in [1.29, 1.82) is 0 Å². The molecular formula is C26H27F4N3O2. The third-order valence-electron chi connectivity index (χ3n) is 7.62. The number of anilines is 1. The van der Waals surface area contributed by atoms with E-state index >= 15 is 0 Å². The maximum absolute atomic E-state index is 13.6. The molecule has 2 bridgehead atoms. The molecule has 0 spiro atoms. The van der Waals surface area contributed by atoms with E-state index in [4.69, 9.17) is 4.52 Å². The number of halogens is 4. The number of benzene rings is 2. The Hall–Kier alpha value is -3.10. The zero-order chi connectivity index (χ0) is 24.7. The molecule has 9 heteroatoms. The van der Waals surface area contributed by atoms with Crippen molar-refractivity contribution in [2.24, 2.45) is 5.41 Å². The number of nitrogens with one attached hydrogen (secondary N) is 1. The first-order chi connectivity index (χ1) is 16.7. The summed E-state index contributed by atoms with van der Waals surface area (Å²) in [7, 11) is 0. The maximum Gasteiger partial charge on any atom is 0.387 e. The Morgan fingerprint density at radius 3 is 2.29 bits per heavy atom. The van der Waals surface area contributed by atoms with Gasteiger partial charge in [0.15, 0.2) is 5.82 Å². The number of ether oxygens (including phenoxy) is 1. The van der Waals surface area contributed by atoms with Crippen LogP contribution in [0.3, 0.4) is 0 Å². The molecule has 6 rings (SSSR count). The Morgan fingerprint density at radius 1 is 1.00 bits per heavy atom. The van der Waals surface area contributed by atoms with E-state index in [-0.39, 0.29) is 16.6 Å². The van der Waals surface area contributed by atoms with E-state index in [0.717, 1.165) is 68.8 Å². The highest BCUT2D eigenvalue weighted by Crippen LogP contribution is 2.57. The molecular weight excluding hydrogens is 462 g/mol. The summed E-state index contributed by atoms with van der Waals surface area (Å²) in [5.41, 5.74) is 2.75. The summed E-state index contributed by atoms with van der Waals surface area (Å²) in [5.74, 6) is -3.19. The minimum atomic E-state index is -3.13. The molecule has 0 unspecified atom stereocenters. The van der Waals surface area contributed by atoms with Gasteiger partial charge in [0.25, 0.3) is 5.89 Å². The first-order valence-electron chi connectivity index (χ1n) is 11.8. The maximum atomic E-state index is 13.6. The molecule has 0 atom stereocenters. The van der Waals surface area contributed by atoms with Crippen molar-refractivity contribution in [3.8, 4) is 16.9 Å². The number of hydrogen-bond acceptors (Lipinski definition) is 5. The predicted octanol–water partition coefficient (Wildman–Crippen LogP) is 7.15. The number of rotatable bonds is 8. The molecule has 186 valence electrons. The molecule has 3 aliphatic rings. The zero-order valence-corrected chi connectivity index (χ0v) is 19.4. The Bertz CT molecular complexity index is 1150. The second-order valence-electron chi connectivity index (χ2n) is 9.93. The van der Waals surface area contributed by atoms with Crippen molar-refractivity contribution in [1.82, 2.24) is 10.1 Å². The van der Waals surface area contributed by atoms with Crippen LogP contribution in [0.5, 0.6) is 5.75 Å². The summed E-state index contributed by atoms with van der Waals surface area (Å²) in [5, 5.41) is 7.50. The lowest BCUT2D eigenvalue weighted by atomic mass is 9.53. The van der Waals surface area contributed by atoms with Crippen LogP contribution in [0.15, 0.2) is 53.1 Å². The number of hydrogen-bond donors (Lipinski definition) is 1. The highest BCUT2D eigenvalue weighted by Gasteiger charge is 2.52. The largest absolute Gasteiger partial charge is 0.435 e. The fraction of sp³-hybridized carbons (Fsp3) is 0.462. The Morgan fingerprint density at radius 2 is 1.69 bits per heavy atom. The van der Waals surface area contributed by atoms with Crippen LogP contribution >= 0.6 is 0 Å². The molecule has 2 aromatic carbocycles. The van der Waals surface area contributed by atoms with Gasteiger partial charge < -0.3 is 14.6 Å². The number of alkyl halides is 4. The molecule has 5 nitrogen and oxygen atoms in total. The van der Waals surface area contributed by atoms with E-state index < -0.39 is 18.4 Å². The highest BCUT2D eigenvalue weighted by atomic mass is 19.3. The van der Waals surface area contributed by atoms with Crippen molar-refractivity contribution in [2.75, 3.05) is 11.9 Å². The predicted molar refractivity (Wildman–Crippen MR) is 123 cm³/mol. The molecule has 3 aromatic rings. The van der Waals surface area contributed by atoms with E-state index in [0.29, 0.717) is 5.82 Å². The van der Waals surface area contributed by atoms with Gasteiger partial charge in [-0.25, -0.2) is 0 Å². The van der Waals surface area contributed by atoms with Crippen LogP contribution < -0.4 is 10.1 Å². The summed E-state index contributed by atoms with van der Waals surface area (Å²) >= 11 is 0. The molecule has 1 heterocycles. The fourth-order valence-corrected chi connectivity index (χ4v) is 5.41. The van der Waals surface area contributed by atoms with Crippen LogP contribution in [0.25, 0.3) is 11.1 Å². The van der Waals surface area contributed by atoms with Crippen LogP contribution in [-0.2, 0) is 11.3 Å². The van der Waals surface area contributed by atoms with Gasteiger partial charge in [0, 0.05) is 24.6 Å². The second kappa shape index (κ2) is 8.84. The third-order valence-corrected chi connectivity index (χ3v) is 7.62. The molecule has 1 aromatic heterocycles. The molecule has 3 aliphatic carbocycles. The summed E-state index contributed by atoms with van der Waals surface area (Å²) in [6.07, 6.45) is 5.48. The molecule has 0 amide bonds. The lowest BCUT2D eigenvalue weighted by Gasteiger charge is -2.52. The van der Waals surface area contributed by atoms with Gasteiger partial charge in [-0.05, 0) is 79.3 Å². The van der Waals surface area contributed by atoms with Gasteiger partial charge >= 0.3 is 12.5 Å². The van der Waals surface area contributed by atoms with Crippen LogP contribution in [0.4, 0.5) is 23.2 Å². The lowest BCUT2D eigenvalue weighted by Crippen LogP contribution is -2.47. The molecule has 0 aliphatic heterocycles. The third kappa shape index (κ3) is 4.86. The smallest absolute Gasteiger partial charge is 0.387 e. The SMILES string of the molecule is CC(F)(F)c1nc(C23CCC(CNc4cccc(-c5ccc(OC(F)F)cc5)c4)(CC2)CC3)no1. The van der Waals surface area contributed by atoms with Crippen LogP contribution in [0.1, 0.15) is 57.2 Å². The van der Waals surface area contributed by atoms with Gasteiger partial charge in [-0.15, -0.1) is 0 Å². The summed E-state index contributed by atoms with van der Waals surface area (Å²) in [6, 6.07) is 14.6. The van der Waals surface area contributed by atoms with Crippen molar-refractivity contribution in [3.05, 3.63) is 60.2 Å². The van der Waals surface area contributed by atoms with Gasteiger partial charge in [0.2, 0.25) is 0 Å². The zero-order valence-electron chi connectivity index (χ0n) is 19.4. The molecule has 1 N–H and O–H groups in total. The molecule has 3 saturated carbocycles. The van der Waals surface area contributed by atoms with Crippen molar-refractivity contribution >= 4 is 5.69 Å². The monoisotopic (exact) mass is 489 g/mol. The van der Waals surface area contributed by atoms with Gasteiger partial charge in [0.1, 0.15) is 5.75 Å². The first-order valence-corrected chi connectivity index (χ1v) is 11.8. The minimum Gasteiger partial charge on any atom is -0.435 e. The van der Waals surface area contributed by atoms with E-state index in [1.54, 1.807) is 12.1 Å². The normalized spacial score (nSPS) is 24.1. The number of aromatic nitrogens is 2. The van der Waals surface area contributed by atoms with Gasteiger partial charge in [-0.3, -0.25) is 0 Å². The van der Waals surface area contributed by atoms with Crippen LogP contribution in [-0.4, -0.2) is 23.3 Å². The van der Waals surface area contributed by atoms with Gasteiger partial charge in [0.05, 0.1) is 0 Å². The highest BCUT2D eigenvalue weighted by molar-refractivity contribution is 5.68. The average molecular weight is 490 g/mol. The van der Waals surface area contributed by atoms with Crippen molar-refractivity contribution < 1.29 is 26.8 Å². The van der Waals surface area contributed by atoms with E-state index in [9.17, 15) is 17.6 Å². The minimum absolute atomic E-state index is 0.128. The molecule has 3 fully saturated rings. The number of nitrogens with zero attached hydrogens (tertiary/aromatic N) is 2. The van der Waals surface area contributed by atoms with E-state index in [1.807, 2.05) is 24.3 Å². The standard InChI is InChI=1S/C26H27F4N3O2/c1-24(29,30)22-32-21(33-35-22)26-12-9-25(10-13-26,11-14-26)16-31-19-4-2-3-18(15-19)17-5-7-20(8-6-17)34-23(27)28/h2-8,15,23,31H,9-14,16H2,1H3.